The minimum absolute atomic E-state index is 0.161. The Balaban J connectivity index is 1.68. The number of nitrogens with one attached hydrogen (secondary N) is 1. The summed E-state index contributed by atoms with van der Waals surface area (Å²) in [6.45, 7) is 1.77. The highest BCUT2D eigenvalue weighted by molar-refractivity contribution is 7.08. The molecule has 0 bridgehead atoms. The molecule has 6 nitrogen and oxygen atoms in total. The fourth-order valence-electron chi connectivity index (χ4n) is 2.72. The van der Waals surface area contributed by atoms with Gasteiger partial charge in [-0.25, -0.2) is 9.97 Å². The van der Waals surface area contributed by atoms with Crippen LogP contribution >= 0.6 is 11.3 Å². The number of pyridine rings is 1. The molecule has 0 saturated heterocycles. The molecule has 3 aromatic heterocycles. The van der Waals surface area contributed by atoms with E-state index in [1.165, 1.54) is 15.9 Å². The zero-order chi connectivity index (χ0) is 18.1. The van der Waals surface area contributed by atoms with Gasteiger partial charge in [-0.3, -0.25) is 14.2 Å². The molecule has 4 rings (SSSR count). The average Bonchev–Trinajstić information content (AvgIpc) is 3.18. The lowest BCUT2D eigenvalue weighted by atomic mass is 10.2. The normalized spacial score (nSPS) is 10.8. The van der Waals surface area contributed by atoms with Gasteiger partial charge in [-0.1, -0.05) is 0 Å². The number of hydrogen-bond acceptors (Lipinski definition) is 5. The van der Waals surface area contributed by atoms with Crippen LogP contribution in [0.4, 0.5) is 5.69 Å². The van der Waals surface area contributed by atoms with Crippen LogP contribution in [0.2, 0.25) is 0 Å². The fraction of sp³-hybridized carbons (Fsp3) is 0.0526. The lowest BCUT2D eigenvalue weighted by Gasteiger charge is -2.11. The average molecular weight is 362 g/mol. The van der Waals surface area contributed by atoms with Gasteiger partial charge < -0.3 is 5.32 Å². The number of carbonyl (C=O) groups is 1. The molecule has 26 heavy (non-hydrogen) atoms. The van der Waals surface area contributed by atoms with E-state index in [2.05, 4.69) is 15.3 Å². The van der Waals surface area contributed by atoms with Crippen LogP contribution in [0.5, 0.6) is 0 Å². The van der Waals surface area contributed by atoms with Gasteiger partial charge in [0.05, 0.1) is 16.6 Å². The molecule has 1 N–H and O–H groups in total. The van der Waals surface area contributed by atoms with Crippen molar-refractivity contribution in [3.05, 3.63) is 81.2 Å². The number of amides is 1. The van der Waals surface area contributed by atoms with Crippen molar-refractivity contribution < 1.29 is 4.79 Å². The predicted molar refractivity (Wildman–Crippen MR) is 102 cm³/mol. The van der Waals surface area contributed by atoms with E-state index in [-0.39, 0.29) is 11.5 Å². The van der Waals surface area contributed by atoms with Gasteiger partial charge in [0.25, 0.3) is 11.5 Å². The number of benzene rings is 1. The molecule has 3 heterocycles. The topological polar surface area (TPSA) is 76.9 Å². The van der Waals surface area contributed by atoms with Gasteiger partial charge in [0.15, 0.2) is 5.65 Å². The Kier molecular flexibility index (Phi) is 4.06. The maximum Gasteiger partial charge on any atom is 0.267 e. The van der Waals surface area contributed by atoms with E-state index in [9.17, 15) is 9.59 Å². The number of aryl methyl sites for hydroxylation is 1. The number of fused-ring (bicyclic) bond motifs is 1. The largest absolute Gasteiger partial charge is 0.322 e. The molecule has 1 aromatic carbocycles. The van der Waals surface area contributed by atoms with Crippen LogP contribution in [0.15, 0.2) is 64.2 Å². The summed E-state index contributed by atoms with van der Waals surface area (Å²) in [6.07, 6.45) is 1.61. The van der Waals surface area contributed by atoms with Crippen molar-refractivity contribution in [2.75, 3.05) is 5.32 Å². The molecule has 0 unspecified atom stereocenters. The highest BCUT2D eigenvalue weighted by Crippen LogP contribution is 2.16. The van der Waals surface area contributed by atoms with E-state index in [0.29, 0.717) is 33.8 Å². The molecule has 0 aliphatic carbocycles. The second kappa shape index (κ2) is 6.53. The molecule has 7 heteroatoms. The lowest BCUT2D eigenvalue weighted by Crippen LogP contribution is -2.22. The van der Waals surface area contributed by atoms with Gasteiger partial charge >= 0.3 is 0 Å². The van der Waals surface area contributed by atoms with Crippen LogP contribution in [0.1, 0.15) is 16.2 Å². The molecule has 4 aromatic rings. The minimum atomic E-state index is -0.171. The fourth-order valence-corrected chi connectivity index (χ4v) is 3.35. The highest BCUT2D eigenvalue weighted by Gasteiger charge is 2.11. The second-order valence-electron chi connectivity index (χ2n) is 5.69. The number of thiophene rings is 1. The number of aromatic nitrogens is 3. The number of hydrogen-bond donors (Lipinski definition) is 1. The molecule has 0 aliphatic rings. The first-order valence-corrected chi connectivity index (χ1v) is 8.86. The number of rotatable bonds is 3. The van der Waals surface area contributed by atoms with Crippen molar-refractivity contribution in [2.45, 2.75) is 6.92 Å². The van der Waals surface area contributed by atoms with E-state index in [4.69, 9.17) is 0 Å². The molecular weight excluding hydrogens is 348 g/mol. The molecule has 1 amide bonds. The molecular formula is C19H14N4O2S. The summed E-state index contributed by atoms with van der Waals surface area (Å²) in [7, 11) is 0. The first-order valence-electron chi connectivity index (χ1n) is 7.92. The van der Waals surface area contributed by atoms with Crippen LogP contribution in [0, 0.1) is 6.92 Å². The molecule has 128 valence electrons. The Morgan fingerprint density at radius 3 is 2.69 bits per heavy atom. The number of carbonyl (C=O) groups excluding carboxylic acids is 1. The Bertz CT molecular complexity index is 1150. The summed E-state index contributed by atoms with van der Waals surface area (Å²) in [6, 6.07) is 12.3. The third-order valence-corrected chi connectivity index (χ3v) is 4.66. The summed E-state index contributed by atoms with van der Waals surface area (Å²) < 4.78 is 1.54. The maximum absolute atomic E-state index is 12.8. The Labute approximate surface area is 152 Å². The summed E-state index contributed by atoms with van der Waals surface area (Å²) >= 11 is 1.47. The monoisotopic (exact) mass is 362 g/mol. The summed E-state index contributed by atoms with van der Waals surface area (Å²) in [5, 5.41) is 6.95. The van der Waals surface area contributed by atoms with Crippen molar-refractivity contribution in [2.24, 2.45) is 0 Å². The number of anilines is 1. The highest BCUT2D eigenvalue weighted by atomic mass is 32.1. The first kappa shape index (κ1) is 16.2. The summed E-state index contributed by atoms with van der Waals surface area (Å²) in [5.41, 5.74) is 2.23. The Morgan fingerprint density at radius 1 is 1.15 bits per heavy atom. The van der Waals surface area contributed by atoms with Gasteiger partial charge in [-0.2, -0.15) is 11.3 Å². The van der Waals surface area contributed by atoms with E-state index >= 15 is 0 Å². The SMILES string of the molecule is Cc1nc2ncccc2c(=O)n1-c1ccc(NC(=O)c2ccsc2)cc1. The smallest absolute Gasteiger partial charge is 0.267 e. The van der Waals surface area contributed by atoms with Crippen LogP contribution < -0.4 is 10.9 Å². The van der Waals surface area contributed by atoms with Gasteiger partial charge in [0, 0.05) is 17.3 Å². The third-order valence-electron chi connectivity index (χ3n) is 3.98. The van der Waals surface area contributed by atoms with Crippen molar-refractivity contribution >= 4 is 34.0 Å². The van der Waals surface area contributed by atoms with E-state index in [1.54, 1.807) is 61.0 Å². The molecule has 0 aliphatic heterocycles. The molecule has 0 fully saturated rings. The van der Waals surface area contributed by atoms with Crippen molar-refractivity contribution in [3.8, 4) is 5.69 Å². The Morgan fingerprint density at radius 2 is 1.96 bits per heavy atom. The summed E-state index contributed by atoms with van der Waals surface area (Å²) in [4.78, 5) is 33.4. The van der Waals surface area contributed by atoms with E-state index < -0.39 is 0 Å². The van der Waals surface area contributed by atoms with E-state index in [1.807, 2.05) is 5.38 Å². The van der Waals surface area contributed by atoms with Crippen LogP contribution in [-0.4, -0.2) is 20.4 Å². The molecule has 0 saturated carbocycles. The molecule has 0 atom stereocenters. The maximum atomic E-state index is 12.8. The lowest BCUT2D eigenvalue weighted by molar-refractivity contribution is 0.102. The standard InChI is InChI=1S/C19H14N4O2S/c1-12-21-17-16(3-2-9-20-17)19(25)23(12)15-6-4-14(5-7-15)22-18(24)13-8-10-26-11-13/h2-11H,1H3,(H,22,24). The van der Waals surface area contributed by atoms with Crippen molar-refractivity contribution in [1.82, 2.24) is 14.5 Å². The quantitative estimate of drug-likeness (QED) is 0.606. The number of nitrogens with zero attached hydrogens (tertiary/aromatic N) is 3. The molecule has 0 spiro atoms. The predicted octanol–water partition coefficient (Wildman–Crippen LogP) is 3.40. The van der Waals surface area contributed by atoms with Crippen LogP contribution in [0.25, 0.3) is 16.7 Å². The van der Waals surface area contributed by atoms with Gasteiger partial charge in [-0.15, -0.1) is 0 Å². The van der Waals surface area contributed by atoms with Gasteiger partial charge in [-0.05, 0) is 54.8 Å². The zero-order valence-corrected chi connectivity index (χ0v) is 14.7. The molecule has 0 radical (unpaired) electrons. The van der Waals surface area contributed by atoms with E-state index in [0.717, 1.165) is 0 Å². The zero-order valence-electron chi connectivity index (χ0n) is 13.8. The van der Waals surface area contributed by atoms with Crippen molar-refractivity contribution in [1.29, 1.82) is 0 Å². The second-order valence-corrected chi connectivity index (χ2v) is 6.47. The van der Waals surface area contributed by atoms with Crippen molar-refractivity contribution in [3.63, 3.8) is 0 Å². The van der Waals surface area contributed by atoms with Crippen LogP contribution in [0.3, 0.4) is 0 Å². The van der Waals surface area contributed by atoms with Gasteiger partial charge in [0.1, 0.15) is 5.82 Å². The van der Waals surface area contributed by atoms with Crippen LogP contribution in [-0.2, 0) is 0 Å². The minimum Gasteiger partial charge on any atom is -0.322 e. The third kappa shape index (κ3) is 2.89. The summed E-state index contributed by atoms with van der Waals surface area (Å²) in [5.74, 6) is 0.391. The Hall–Kier alpha value is -3.32. The van der Waals surface area contributed by atoms with Gasteiger partial charge in [0.2, 0.25) is 0 Å². The first-order chi connectivity index (χ1) is 12.6.